The van der Waals surface area contributed by atoms with Crippen molar-refractivity contribution in [3.05, 3.63) is 16.1 Å². The Labute approximate surface area is 141 Å². The molecule has 128 valence electrons. The molecule has 0 aliphatic heterocycles. The first-order chi connectivity index (χ1) is 11.1. The molecule has 2 aliphatic rings. The van der Waals surface area contributed by atoms with E-state index in [2.05, 4.69) is 34.8 Å². The standard InChI is InChI=1S/C17H27N3O2S/c1-10(2)16-19-13(9-23-16)5-6-18-17(22)20-15-12-4-3-11(7-12)14(15)8-21/h9-12,14-15,21H,3-8H2,1-2H3,(H2,18,20,22). The summed E-state index contributed by atoms with van der Waals surface area (Å²) in [6.45, 7) is 5.06. The third-order valence-corrected chi connectivity index (χ3v) is 6.52. The molecule has 0 aromatic carbocycles. The van der Waals surface area contributed by atoms with Crippen molar-refractivity contribution < 1.29 is 9.90 Å². The summed E-state index contributed by atoms with van der Waals surface area (Å²) in [6.07, 6.45) is 4.31. The molecule has 2 fully saturated rings. The van der Waals surface area contributed by atoms with Gasteiger partial charge in [0, 0.05) is 42.8 Å². The number of fused-ring (bicyclic) bond motifs is 2. The lowest BCUT2D eigenvalue weighted by Gasteiger charge is -2.30. The van der Waals surface area contributed by atoms with Gasteiger partial charge in [-0.2, -0.15) is 0 Å². The Bertz CT molecular complexity index is 546. The van der Waals surface area contributed by atoms with Crippen molar-refractivity contribution in [1.82, 2.24) is 15.6 Å². The van der Waals surface area contributed by atoms with Gasteiger partial charge in [0.15, 0.2) is 0 Å². The van der Waals surface area contributed by atoms with Gasteiger partial charge in [-0.05, 0) is 31.1 Å². The highest BCUT2D eigenvalue weighted by atomic mass is 32.1. The third-order valence-electron chi connectivity index (χ3n) is 5.33. The molecule has 4 atom stereocenters. The van der Waals surface area contributed by atoms with Crippen LogP contribution in [0.15, 0.2) is 5.38 Å². The molecule has 3 rings (SSSR count). The maximum Gasteiger partial charge on any atom is 0.315 e. The smallest absolute Gasteiger partial charge is 0.315 e. The molecule has 2 bridgehead atoms. The maximum atomic E-state index is 12.1. The summed E-state index contributed by atoms with van der Waals surface area (Å²) in [5.74, 6) is 1.85. The van der Waals surface area contributed by atoms with E-state index < -0.39 is 0 Å². The number of rotatable bonds is 6. The molecule has 1 aromatic heterocycles. The second kappa shape index (κ2) is 7.18. The molecule has 4 unspecified atom stereocenters. The second-order valence-electron chi connectivity index (χ2n) is 7.19. The average molecular weight is 337 g/mol. The SMILES string of the molecule is CC(C)c1nc(CCNC(=O)NC2C3CCC(C3)C2CO)cs1. The van der Waals surface area contributed by atoms with Gasteiger partial charge >= 0.3 is 6.03 Å². The second-order valence-corrected chi connectivity index (χ2v) is 8.08. The molecule has 1 heterocycles. The van der Waals surface area contributed by atoms with Gasteiger partial charge < -0.3 is 15.7 Å². The van der Waals surface area contributed by atoms with Crippen LogP contribution in [0.25, 0.3) is 0 Å². The van der Waals surface area contributed by atoms with E-state index in [1.54, 1.807) is 11.3 Å². The Balaban J connectivity index is 1.43. The van der Waals surface area contributed by atoms with Crippen molar-refractivity contribution in [3.63, 3.8) is 0 Å². The quantitative estimate of drug-likeness (QED) is 0.747. The number of aromatic nitrogens is 1. The number of carbonyl (C=O) groups excluding carboxylic acids is 1. The van der Waals surface area contributed by atoms with Gasteiger partial charge in [0.25, 0.3) is 0 Å². The summed E-state index contributed by atoms with van der Waals surface area (Å²) >= 11 is 1.69. The van der Waals surface area contributed by atoms with Gasteiger partial charge in [0.05, 0.1) is 10.7 Å². The highest BCUT2D eigenvalue weighted by molar-refractivity contribution is 7.09. The number of amides is 2. The molecule has 6 heteroatoms. The van der Waals surface area contributed by atoms with Crippen LogP contribution in [-0.2, 0) is 6.42 Å². The van der Waals surface area contributed by atoms with Crippen molar-refractivity contribution in [3.8, 4) is 0 Å². The van der Waals surface area contributed by atoms with Crippen LogP contribution >= 0.6 is 11.3 Å². The summed E-state index contributed by atoms with van der Waals surface area (Å²) in [7, 11) is 0. The number of aliphatic hydroxyl groups excluding tert-OH is 1. The van der Waals surface area contributed by atoms with E-state index in [1.165, 1.54) is 12.8 Å². The van der Waals surface area contributed by atoms with Crippen molar-refractivity contribution in [2.75, 3.05) is 13.2 Å². The zero-order valence-corrected chi connectivity index (χ0v) is 14.7. The molecule has 23 heavy (non-hydrogen) atoms. The minimum atomic E-state index is -0.111. The van der Waals surface area contributed by atoms with E-state index in [4.69, 9.17) is 0 Å². The van der Waals surface area contributed by atoms with Crippen molar-refractivity contribution in [2.45, 2.75) is 51.5 Å². The Morgan fingerprint density at radius 3 is 2.91 bits per heavy atom. The number of aliphatic hydroxyl groups is 1. The van der Waals surface area contributed by atoms with Crippen molar-refractivity contribution in [2.24, 2.45) is 17.8 Å². The van der Waals surface area contributed by atoms with Crippen LogP contribution in [0.3, 0.4) is 0 Å². The molecule has 0 saturated heterocycles. The van der Waals surface area contributed by atoms with Crippen LogP contribution in [0.4, 0.5) is 4.79 Å². The Morgan fingerprint density at radius 2 is 2.22 bits per heavy atom. The molecule has 2 amide bonds. The van der Waals surface area contributed by atoms with E-state index in [-0.39, 0.29) is 24.6 Å². The summed E-state index contributed by atoms with van der Waals surface area (Å²) in [5, 5.41) is 18.8. The lowest BCUT2D eigenvalue weighted by atomic mass is 9.85. The number of thiazole rings is 1. The van der Waals surface area contributed by atoms with Gasteiger partial charge in [-0.25, -0.2) is 9.78 Å². The molecule has 5 nitrogen and oxygen atoms in total. The molecular formula is C17H27N3O2S. The number of nitrogens with one attached hydrogen (secondary N) is 2. The monoisotopic (exact) mass is 337 g/mol. The van der Waals surface area contributed by atoms with Gasteiger partial charge in [-0.1, -0.05) is 13.8 Å². The topological polar surface area (TPSA) is 74.2 Å². The fraction of sp³-hybridized carbons (Fsp3) is 0.765. The Morgan fingerprint density at radius 1 is 1.43 bits per heavy atom. The van der Waals surface area contributed by atoms with E-state index in [0.29, 0.717) is 24.3 Å². The summed E-state index contributed by atoms with van der Waals surface area (Å²) in [5.41, 5.74) is 1.05. The summed E-state index contributed by atoms with van der Waals surface area (Å²) < 4.78 is 0. The normalized spacial score (nSPS) is 29.2. The zero-order chi connectivity index (χ0) is 16.4. The van der Waals surface area contributed by atoms with Crippen LogP contribution in [0, 0.1) is 17.8 Å². The first kappa shape index (κ1) is 16.7. The van der Waals surface area contributed by atoms with E-state index in [0.717, 1.165) is 23.5 Å². The van der Waals surface area contributed by atoms with Crippen LogP contribution < -0.4 is 10.6 Å². The average Bonchev–Trinajstić information content (AvgIpc) is 3.22. The lowest BCUT2D eigenvalue weighted by molar-refractivity contribution is 0.144. The number of nitrogens with zero attached hydrogens (tertiary/aromatic N) is 1. The molecule has 3 N–H and O–H groups in total. The lowest BCUT2D eigenvalue weighted by Crippen LogP contribution is -2.49. The van der Waals surface area contributed by atoms with Gasteiger partial charge in [0.1, 0.15) is 0 Å². The number of hydrogen-bond acceptors (Lipinski definition) is 4. The molecule has 1 aromatic rings. The van der Waals surface area contributed by atoms with Gasteiger partial charge in [-0.3, -0.25) is 0 Å². The molecular weight excluding hydrogens is 310 g/mol. The van der Waals surface area contributed by atoms with Crippen LogP contribution in [-0.4, -0.2) is 35.3 Å². The zero-order valence-electron chi connectivity index (χ0n) is 13.9. The summed E-state index contributed by atoms with van der Waals surface area (Å²) in [4.78, 5) is 16.7. The van der Waals surface area contributed by atoms with Crippen molar-refractivity contribution >= 4 is 17.4 Å². The highest BCUT2D eigenvalue weighted by Crippen LogP contribution is 2.48. The predicted molar refractivity (Wildman–Crippen MR) is 91.6 cm³/mol. The van der Waals surface area contributed by atoms with Gasteiger partial charge in [0.2, 0.25) is 0 Å². The highest BCUT2D eigenvalue weighted by Gasteiger charge is 2.47. The van der Waals surface area contributed by atoms with E-state index >= 15 is 0 Å². The number of urea groups is 1. The Kier molecular flexibility index (Phi) is 5.21. The number of hydrogen-bond donors (Lipinski definition) is 3. The molecule has 0 radical (unpaired) electrons. The summed E-state index contributed by atoms with van der Waals surface area (Å²) in [6, 6.07) is 0.0332. The molecule has 2 aliphatic carbocycles. The van der Waals surface area contributed by atoms with Crippen LogP contribution in [0.2, 0.25) is 0 Å². The van der Waals surface area contributed by atoms with Crippen LogP contribution in [0.1, 0.15) is 49.7 Å². The van der Waals surface area contributed by atoms with Gasteiger partial charge in [-0.15, -0.1) is 11.3 Å². The van der Waals surface area contributed by atoms with Crippen LogP contribution in [0.5, 0.6) is 0 Å². The minimum Gasteiger partial charge on any atom is -0.396 e. The maximum absolute atomic E-state index is 12.1. The fourth-order valence-electron chi connectivity index (χ4n) is 4.11. The fourth-order valence-corrected chi connectivity index (χ4v) is 4.98. The molecule has 2 saturated carbocycles. The predicted octanol–water partition coefficient (Wildman–Crippen LogP) is 2.52. The molecule has 0 spiro atoms. The first-order valence-corrected chi connectivity index (χ1v) is 9.56. The van der Waals surface area contributed by atoms with E-state index in [1.807, 2.05) is 0 Å². The third kappa shape index (κ3) is 3.69. The number of carbonyl (C=O) groups is 1. The minimum absolute atomic E-state index is 0.111. The largest absolute Gasteiger partial charge is 0.396 e. The van der Waals surface area contributed by atoms with E-state index in [9.17, 15) is 9.90 Å². The van der Waals surface area contributed by atoms with Crippen molar-refractivity contribution in [1.29, 1.82) is 0 Å². The Hall–Kier alpha value is -1.14. The first-order valence-electron chi connectivity index (χ1n) is 8.68.